The number of hydrogen-bond acceptors (Lipinski definition) is 4. The number of hydrogen-bond donors (Lipinski definition) is 1. The van der Waals surface area contributed by atoms with Crippen LogP contribution in [-0.2, 0) is 0 Å². The number of nitrogen functional groups attached to an aromatic ring is 1. The zero-order valence-electron chi connectivity index (χ0n) is 10.4. The lowest BCUT2D eigenvalue weighted by Gasteiger charge is -2.06. The molecule has 0 unspecified atom stereocenters. The van der Waals surface area contributed by atoms with Crippen LogP contribution in [0.5, 0.6) is 0 Å². The van der Waals surface area contributed by atoms with Crippen molar-refractivity contribution in [2.24, 2.45) is 0 Å². The molecule has 0 bridgehead atoms. The third kappa shape index (κ3) is 1.75. The summed E-state index contributed by atoms with van der Waals surface area (Å²) < 4.78 is 1.76. The van der Waals surface area contributed by atoms with E-state index >= 15 is 0 Å². The molecule has 0 saturated heterocycles. The molecule has 0 aliphatic rings. The van der Waals surface area contributed by atoms with Crippen molar-refractivity contribution in [1.82, 2.24) is 9.55 Å². The van der Waals surface area contributed by atoms with Crippen LogP contribution in [0.25, 0.3) is 16.7 Å². The van der Waals surface area contributed by atoms with E-state index < -0.39 is 0 Å². The number of rotatable bonds is 1. The van der Waals surface area contributed by atoms with E-state index in [1.807, 2.05) is 0 Å². The van der Waals surface area contributed by atoms with Crippen LogP contribution in [0.3, 0.4) is 0 Å². The van der Waals surface area contributed by atoms with Crippen molar-refractivity contribution < 1.29 is 0 Å². The van der Waals surface area contributed by atoms with Crippen LogP contribution in [0.15, 0.2) is 42.5 Å². The van der Waals surface area contributed by atoms with Gasteiger partial charge in [-0.15, -0.1) is 0 Å². The summed E-state index contributed by atoms with van der Waals surface area (Å²) in [6.07, 6.45) is 0. The second-order valence-corrected chi connectivity index (χ2v) is 4.28. The van der Waals surface area contributed by atoms with Gasteiger partial charge >= 0.3 is 0 Å². The van der Waals surface area contributed by atoms with Gasteiger partial charge in [0, 0.05) is 5.69 Å². The fraction of sp³-hybridized carbons (Fsp3) is 0. The number of imidazole rings is 1. The average Bonchev–Trinajstić information content (AvgIpc) is 2.82. The lowest BCUT2D eigenvalue weighted by molar-refractivity contribution is 1.11. The molecule has 2 aromatic carbocycles. The van der Waals surface area contributed by atoms with Gasteiger partial charge in [0.05, 0.1) is 34.3 Å². The first-order valence-corrected chi connectivity index (χ1v) is 5.91. The summed E-state index contributed by atoms with van der Waals surface area (Å²) in [6, 6.07) is 16.4. The third-order valence-corrected chi connectivity index (χ3v) is 3.06. The molecule has 20 heavy (non-hydrogen) atoms. The molecule has 94 valence electrons. The Hall–Kier alpha value is -3.31. The molecule has 0 radical (unpaired) electrons. The average molecular weight is 259 g/mol. The standard InChI is InChI=1S/C15H9N5/c16-8-10-1-4-12(5-2-10)20-14-7-11(9-17)3-6-13(14)19-15(20)18/h1-7H,(H2,18,19). The van der Waals surface area contributed by atoms with E-state index in [-0.39, 0.29) is 0 Å². The Bertz CT molecular complexity index is 875. The van der Waals surface area contributed by atoms with Gasteiger partial charge in [-0.2, -0.15) is 10.5 Å². The second kappa shape index (κ2) is 4.42. The molecule has 0 aliphatic carbocycles. The zero-order valence-corrected chi connectivity index (χ0v) is 10.4. The van der Waals surface area contributed by atoms with Crippen molar-refractivity contribution in [3.63, 3.8) is 0 Å². The van der Waals surface area contributed by atoms with E-state index in [1.165, 1.54) is 0 Å². The molecule has 0 saturated carbocycles. The first-order chi connectivity index (χ1) is 9.72. The Morgan fingerprint density at radius 3 is 2.25 bits per heavy atom. The molecule has 2 N–H and O–H groups in total. The number of anilines is 1. The summed E-state index contributed by atoms with van der Waals surface area (Å²) in [5.74, 6) is 0.347. The fourth-order valence-corrected chi connectivity index (χ4v) is 2.12. The van der Waals surface area contributed by atoms with Crippen LogP contribution >= 0.6 is 0 Å². The van der Waals surface area contributed by atoms with E-state index in [4.69, 9.17) is 16.3 Å². The van der Waals surface area contributed by atoms with Crippen molar-refractivity contribution in [2.45, 2.75) is 0 Å². The molecule has 0 aliphatic heterocycles. The van der Waals surface area contributed by atoms with Crippen LogP contribution in [0.4, 0.5) is 5.95 Å². The van der Waals surface area contributed by atoms with Gasteiger partial charge in [-0.05, 0) is 42.5 Å². The van der Waals surface area contributed by atoms with Crippen molar-refractivity contribution in [3.8, 4) is 17.8 Å². The van der Waals surface area contributed by atoms with Gasteiger partial charge in [-0.3, -0.25) is 4.57 Å². The van der Waals surface area contributed by atoms with Crippen molar-refractivity contribution in [3.05, 3.63) is 53.6 Å². The Morgan fingerprint density at radius 2 is 1.60 bits per heavy atom. The van der Waals surface area contributed by atoms with Gasteiger partial charge in [0.15, 0.2) is 0 Å². The van der Waals surface area contributed by atoms with E-state index in [9.17, 15) is 0 Å². The monoisotopic (exact) mass is 259 g/mol. The minimum absolute atomic E-state index is 0.347. The molecule has 5 nitrogen and oxygen atoms in total. The van der Waals surface area contributed by atoms with Gasteiger partial charge in [0.1, 0.15) is 0 Å². The minimum Gasteiger partial charge on any atom is -0.369 e. The molecule has 3 rings (SSSR count). The Labute approximate surface area is 115 Å². The predicted octanol–water partition coefficient (Wildman–Crippen LogP) is 2.35. The summed E-state index contributed by atoms with van der Waals surface area (Å²) in [6.45, 7) is 0. The number of nitrogens with two attached hydrogens (primary N) is 1. The number of fused-ring (bicyclic) bond motifs is 1. The first kappa shape index (κ1) is 11.8. The van der Waals surface area contributed by atoms with E-state index in [1.54, 1.807) is 47.0 Å². The minimum atomic E-state index is 0.347. The summed E-state index contributed by atoms with van der Waals surface area (Å²) in [7, 11) is 0. The third-order valence-electron chi connectivity index (χ3n) is 3.06. The fourth-order valence-electron chi connectivity index (χ4n) is 2.12. The second-order valence-electron chi connectivity index (χ2n) is 4.28. The molecule has 0 atom stereocenters. The van der Waals surface area contributed by atoms with Crippen LogP contribution in [-0.4, -0.2) is 9.55 Å². The number of nitriles is 2. The van der Waals surface area contributed by atoms with Crippen molar-refractivity contribution in [2.75, 3.05) is 5.73 Å². The molecule has 0 amide bonds. The summed E-state index contributed by atoms with van der Waals surface area (Å²) in [5.41, 5.74) is 9.38. The van der Waals surface area contributed by atoms with Crippen LogP contribution < -0.4 is 5.73 Å². The number of aromatic nitrogens is 2. The highest BCUT2D eigenvalue weighted by Crippen LogP contribution is 2.24. The summed E-state index contributed by atoms with van der Waals surface area (Å²) in [5, 5.41) is 17.8. The molecule has 0 fully saturated rings. The smallest absolute Gasteiger partial charge is 0.205 e. The lowest BCUT2D eigenvalue weighted by atomic mass is 10.2. The Balaban J connectivity index is 2.26. The highest BCUT2D eigenvalue weighted by Gasteiger charge is 2.10. The van der Waals surface area contributed by atoms with Crippen LogP contribution in [0, 0.1) is 22.7 Å². The van der Waals surface area contributed by atoms with Crippen LogP contribution in [0.1, 0.15) is 11.1 Å². The van der Waals surface area contributed by atoms with Crippen molar-refractivity contribution >= 4 is 17.0 Å². The summed E-state index contributed by atoms with van der Waals surface area (Å²) in [4.78, 5) is 4.27. The number of nitrogens with zero attached hydrogens (tertiary/aromatic N) is 4. The van der Waals surface area contributed by atoms with E-state index in [2.05, 4.69) is 17.1 Å². The Kier molecular flexibility index (Phi) is 2.60. The summed E-state index contributed by atoms with van der Waals surface area (Å²) >= 11 is 0. The topological polar surface area (TPSA) is 91.4 Å². The molecule has 1 heterocycles. The number of benzene rings is 2. The van der Waals surface area contributed by atoms with Gasteiger partial charge in [-0.1, -0.05) is 0 Å². The molecular weight excluding hydrogens is 250 g/mol. The molecule has 5 heteroatoms. The van der Waals surface area contributed by atoms with Crippen LogP contribution in [0.2, 0.25) is 0 Å². The van der Waals surface area contributed by atoms with E-state index in [0.717, 1.165) is 16.7 Å². The SMILES string of the molecule is N#Cc1ccc(-n2c(N)nc3ccc(C#N)cc32)cc1. The predicted molar refractivity (Wildman–Crippen MR) is 74.9 cm³/mol. The van der Waals surface area contributed by atoms with E-state index in [0.29, 0.717) is 17.1 Å². The quantitative estimate of drug-likeness (QED) is 0.726. The maximum Gasteiger partial charge on any atom is 0.205 e. The molecule has 0 spiro atoms. The van der Waals surface area contributed by atoms with Gasteiger partial charge in [0.2, 0.25) is 5.95 Å². The van der Waals surface area contributed by atoms with Crippen molar-refractivity contribution in [1.29, 1.82) is 10.5 Å². The zero-order chi connectivity index (χ0) is 14.1. The first-order valence-electron chi connectivity index (χ1n) is 5.91. The highest BCUT2D eigenvalue weighted by molar-refractivity contribution is 5.82. The van der Waals surface area contributed by atoms with Gasteiger partial charge in [0.25, 0.3) is 0 Å². The maximum atomic E-state index is 8.99. The van der Waals surface area contributed by atoms with Gasteiger partial charge < -0.3 is 5.73 Å². The van der Waals surface area contributed by atoms with Gasteiger partial charge in [-0.25, -0.2) is 4.98 Å². The lowest BCUT2D eigenvalue weighted by Crippen LogP contribution is -2.00. The maximum absolute atomic E-state index is 8.99. The normalized spacial score (nSPS) is 10.1. The molecule has 3 aromatic rings. The molecule has 1 aromatic heterocycles. The largest absolute Gasteiger partial charge is 0.369 e. The Morgan fingerprint density at radius 1 is 0.950 bits per heavy atom. The highest BCUT2D eigenvalue weighted by atomic mass is 15.2. The molecular formula is C15H9N5.